The van der Waals surface area contributed by atoms with E-state index in [1.54, 1.807) is 0 Å². The summed E-state index contributed by atoms with van der Waals surface area (Å²) >= 11 is 0. The standard InChI is InChI=1S/C35H42N2O6Si/c1-25(2)29(37-34(39)42-23-26-16-10-7-11-17-26)22-31(32-36-30(24-41-32)33(38)40-6)43-44(35(3,4)5,27-18-12-8-13-19-27)28-20-14-9-15-21-28/h7-21,24-25,29,31H,22-23H2,1-6H3,(H,37,39)/t29-,31-/m1/s1. The molecule has 232 valence electrons. The summed E-state index contributed by atoms with van der Waals surface area (Å²) in [5, 5.41) is 4.88. The molecule has 44 heavy (non-hydrogen) atoms. The number of carbonyl (C=O) groups excluding carboxylic acids is 2. The smallest absolute Gasteiger partial charge is 0.407 e. The predicted octanol–water partition coefficient (Wildman–Crippen LogP) is 6.42. The van der Waals surface area contributed by atoms with Crippen LogP contribution in [0.1, 0.15) is 69.1 Å². The van der Waals surface area contributed by atoms with Gasteiger partial charge >= 0.3 is 12.1 Å². The van der Waals surface area contributed by atoms with Gasteiger partial charge in [0.05, 0.1) is 7.11 Å². The van der Waals surface area contributed by atoms with E-state index >= 15 is 0 Å². The highest BCUT2D eigenvalue weighted by Gasteiger charge is 2.52. The Balaban J connectivity index is 1.75. The van der Waals surface area contributed by atoms with Gasteiger partial charge in [0.1, 0.15) is 19.0 Å². The Bertz CT molecular complexity index is 1450. The summed E-state index contributed by atoms with van der Waals surface area (Å²) in [5.74, 6) is -0.352. The van der Waals surface area contributed by atoms with Crippen molar-refractivity contribution in [2.75, 3.05) is 7.11 Å². The third-order valence-corrected chi connectivity index (χ3v) is 12.8. The van der Waals surface area contributed by atoms with Crippen LogP contribution < -0.4 is 15.7 Å². The Morgan fingerprint density at radius 2 is 1.43 bits per heavy atom. The summed E-state index contributed by atoms with van der Waals surface area (Å²) in [4.78, 5) is 29.9. The molecular formula is C35H42N2O6Si. The maximum Gasteiger partial charge on any atom is 0.407 e. The van der Waals surface area contributed by atoms with Gasteiger partial charge in [0.2, 0.25) is 5.89 Å². The lowest BCUT2D eigenvalue weighted by Crippen LogP contribution is -2.67. The molecule has 2 atom stereocenters. The average Bonchev–Trinajstić information content (AvgIpc) is 3.52. The van der Waals surface area contributed by atoms with Crippen molar-refractivity contribution in [3.63, 3.8) is 0 Å². The SMILES string of the molecule is COC(=O)c1coc([C@@H](C[C@@H](NC(=O)OCc2ccccc2)C(C)C)O[Si](c2ccccc2)(c2ccccc2)C(C)(C)C)n1. The van der Waals surface area contributed by atoms with Crippen LogP contribution in [0.3, 0.4) is 0 Å². The Morgan fingerprint density at radius 3 is 1.93 bits per heavy atom. The quantitative estimate of drug-likeness (QED) is 0.145. The zero-order valence-corrected chi connectivity index (χ0v) is 27.3. The molecule has 1 N–H and O–H groups in total. The Hall–Kier alpha value is -4.21. The van der Waals surface area contributed by atoms with Crippen molar-refractivity contribution in [2.45, 2.75) is 64.8 Å². The van der Waals surface area contributed by atoms with Crippen LogP contribution >= 0.6 is 0 Å². The highest BCUT2D eigenvalue weighted by atomic mass is 28.4. The first-order chi connectivity index (χ1) is 21.0. The van der Waals surface area contributed by atoms with E-state index in [1.807, 2.05) is 80.6 Å². The molecule has 3 aromatic carbocycles. The fraction of sp³-hybridized carbons (Fsp3) is 0.343. The second-order valence-corrected chi connectivity index (χ2v) is 16.4. The van der Waals surface area contributed by atoms with Crippen molar-refractivity contribution in [3.8, 4) is 0 Å². The van der Waals surface area contributed by atoms with Gasteiger partial charge in [-0.3, -0.25) is 0 Å². The number of rotatable bonds is 12. The number of ether oxygens (including phenoxy) is 2. The molecule has 0 spiro atoms. The molecule has 4 aromatic rings. The highest BCUT2D eigenvalue weighted by Crippen LogP contribution is 2.41. The van der Waals surface area contributed by atoms with Gasteiger partial charge in [0, 0.05) is 12.5 Å². The highest BCUT2D eigenvalue weighted by molar-refractivity contribution is 6.99. The number of esters is 1. The Morgan fingerprint density at radius 1 is 0.886 bits per heavy atom. The molecule has 0 bridgehead atoms. The summed E-state index contributed by atoms with van der Waals surface area (Å²) in [6.45, 7) is 10.8. The van der Waals surface area contributed by atoms with Crippen LogP contribution in [0.15, 0.2) is 102 Å². The van der Waals surface area contributed by atoms with Crippen LogP contribution in [0.4, 0.5) is 4.79 Å². The molecule has 0 saturated carbocycles. The summed E-state index contributed by atoms with van der Waals surface area (Å²) in [6, 6.07) is 29.7. The van der Waals surface area contributed by atoms with E-state index in [0.29, 0.717) is 6.42 Å². The van der Waals surface area contributed by atoms with E-state index in [0.717, 1.165) is 15.9 Å². The van der Waals surface area contributed by atoms with Gasteiger partial charge in [-0.25, -0.2) is 14.6 Å². The minimum absolute atomic E-state index is 0.0135. The van der Waals surface area contributed by atoms with Crippen LogP contribution in [0.2, 0.25) is 5.04 Å². The summed E-state index contributed by atoms with van der Waals surface area (Å²) < 4.78 is 23.8. The minimum atomic E-state index is -3.08. The molecule has 0 aliphatic rings. The monoisotopic (exact) mass is 614 g/mol. The first-order valence-electron chi connectivity index (χ1n) is 14.8. The number of methoxy groups -OCH3 is 1. The van der Waals surface area contributed by atoms with Crippen LogP contribution in [0.5, 0.6) is 0 Å². The number of hydrogen-bond donors (Lipinski definition) is 1. The molecule has 1 amide bonds. The van der Waals surface area contributed by atoms with Gasteiger partial charge in [-0.2, -0.15) is 0 Å². The molecule has 0 saturated heterocycles. The summed E-state index contributed by atoms with van der Waals surface area (Å²) in [7, 11) is -1.78. The number of alkyl carbamates (subject to hydrolysis) is 1. The topological polar surface area (TPSA) is 99.9 Å². The average molecular weight is 615 g/mol. The first kappa shape index (κ1) is 32.7. The number of benzene rings is 3. The van der Waals surface area contributed by atoms with E-state index < -0.39 is 26.5 Å². The predicted molar refractivity (Wildman–Crippen MR) is 172 cm³/mol. The second kappa shape index (κ2) is 14.5. The molecular weight excluding hydrogens is 572 g/mol. The largest absolute Gasteiger partial charge is 0.464 e. The number of nitrogens with one attached hydrogen (secondary N) is 1. The van der Waals surface area contributed by atoms with Crippen molar-refractivity contribution in [1.29, 1.82) is 0 Å². The maximum atomic E-state index is 13.0. The van der Waals surface area contributed by atoms with Crippen LogP contribution in [0.25, 0.3) is 0 Å². The van der Waals surface area contributed by atoms with Crippen LogP contribution in [-0.2, 0) is 20.5 Å². The Kier molecular flexibility index (Phi) is 10.8. The lowest BCUT2D eigenvalue weighted by atomic mass is 9.98. The maximum absolute atomic E-state index is 13.0. The van der Waals surface area contributed by atoms with E-state index in [-0.39, 0.29) is 35.2 Å². The molecule has 0 aliphatic carbocycles. The van der Waals surface area contributed by atoms with E-state index in [4.69, 9.17) is 18.3 Å². The van der Waals surface area contributed by atoms with Gasteiger partial charge in [-0.05, 0) is 26.9 Å². The fourth-order valence-corrected chi connectivity index (χ4v) is 10.0. The lowest BCUT2D eigenvalue weighted by molar-refractivity contribution is 0.0593. The van der Waals surface area contributed by atoms with Crippen LogP contribution in [0, 0.1) is 5.92 Å². The van der Waals surface area contributed by atoms with Gasteiger partial charge in [0.25, 0.3) is 8.32 Å². The van der Waals surface area contributed by atoms with Crippen molar-refractivity contribution in [2.24, 2.45) is 5.92 Å². The summed E-state index contributed by atoms with van der Waals surface area (Å²) in [5.41, 5.74) is 0.946. The third-order valence-electron chi connectivity index (χ3n) is 7.72. The number of hydrogen-bond acceptors (Lipinski definition) is 7. The van der Waals surface area contributed by atoms with Crippen molar-refractivity contribution < 1.29 is 27.9 Å². The van der Waals surface area contributed by atoms with Crippen molar-refractivity contribution >= 4 is 30.8 Å². The molecule has 4 rings (SSSR count). The lowest BCUT2D eigenvalue weighted by Gasteiger charge is -2.45. The van der Waals surface area contributed by atoms with Gasteiger partial charge in [0.15, 0.2) is 5.69 Å². The van der Waals surface area contributed by atoms with E-state index in [2.05, 4.69) is 55.3 Å². The van der Waals surface area contributed by atoms with E-state index in [1.165, 1.54) is 13.4 Å². The molecule has 9 heteroatoms. The number of oxazole rings is 1. The molecule has 1 aromatic heterocycles. The second-order valence-electron chi connectivity index (χ2n) is 12.1. The van der Waals surface area contributed by atoms with Gasteiger partial charge in [-0.15, -0.1) is 0 Å². The molecule has 0 radical (unpaired) electrons. The molecule has 0 aliphatic heterocycles. The third kappa shape index (κ3) is 7.64. The number of carbonyl (C=O) groups is 2. The molecule has 8 nitrogen and oxygen atoms in total. The minimum Gasteiger partial charge on any atom is -0.464 e. The molecule has 0 unspecified atom stereocenters. The zero-order chi connectivity index (χ0) is 31.7. The number of nitrogens with zero attached hydrogens (tertiary/aromatic N) is 1. The Labute approximate surface area is 260 Å². The molecule has 0 fully saturated rings. The van der Waals surface area contributed by atoms with Crippen LogP contribution in [-0.4, -0.2) is 38.5 Å². The molecule has 1 heterocycles. The van der Waals surface area contributed by atoms with Gasteiger partial charge < -0.3 is 23.6 Å². The normalized spacial score (nSPS) is 13.2. The van der Waals surface area contributed by atoms with Gasteiger partial charge in [-0.1, -0.05) is 126 Å². The van der Waals surface area contributed by atoms with E-state index in [9.17, 15) is 9.59 Å². The first-order valence-corrected chi connectivity index (χ1v) is 16.8. The fourth-order valence-electron chi connectivity index (χ4n) is 5.38. The zero-order valence-electron chi connectivity index (χ0n) is 26.3. The van der Waals surface area contributed by atoms with Crippen molar-refractivity contribution in [3.05, 3.63) is 114 Å². The van der Waals surface area contributed by atoms with Crippen molar-refractivity contribution in [1.82, 2.24) is 10.3 Å². The number of amides is 1. The number of aromatic nitrogens is 1. The summed E-state index contributed by atoms with van der Waals surface area (Å²) in [6.07, 6.45) is 0.361.